The van der Waals surface area contributed by atoms with Crippen molar-refractivity contribution in [1.82, 2.24) is 20.4 Å². The van der Waals surface area contributed by atoms with E-state index in [2.05, 4.69) is 15.5 Å². The third kappa shape index (κ3) is 4.09. The molecule has 1 aliphatic heterocycles. The van der Waals surface area contributed by atoms with Crippen LogP contribution in [0.3, 0.4) is 0 Å². The molecule has 0 saturated carbocycles. The van der Waals surface area contributed by atoms with Crippen molar-refractivity contribution >= 4 is 11.8 Å². The summed E-state index contributed by atoms with van der Waals surface area (Å²) >= 11 is 0. The molecule has 1 saturated heterocycles. The van der Waals surface area contributed by atoms with Gasteiger partial charge in [-0.15, -0.1) is 10.2 Å². The summed E-state index contributed by atoms with van der Waals surface area (Å²) in [6.45, 7) is 1.47. The van der Waals surface area contributed by atoms with Crippen LogP contribution in [0.5, 0.6) is 0 Å². The maximum absolute atomic E-state index is 12.8. The predicted molar refractivity (Wildman–Crippen MR) is 86.3 cm³/mol. The highest BCUT2D eigenvalue weighted by Gasteiger charge is 2.48. The number of nitrogens with zero attached hydrogens (tertiary/aromatic N) is 3. The standard InChI is InChI=1S/C17H17F3N4O3/c1-10-22-23-15(27-10)13(11-6-3-2-4-7-11)21-14(25)12-8-5-9-24(12)16(26)17(18,19)20/h2-4,6-7,12-13H,5,8-9H2,1H3,(H,21,25). The van der Waals surface area contributed by atoms with Gasteiger partial charge in [-0.25, -0.2) is 0 Å². The Hall–Kier alpha value is -2.91. The second-order valence-corrected chi connectivity index (χ2v) is 6.17. The van der Waals surface area contributed by atoms with Crippen molar-refractivity contribution in [1.29, 1.82) is 0 Å². The molecule has 0 aliphatic carbocycles. The molecule has 2 amide bonds. The highest BCUT2D eigenvalue weighted by Crippen LogP contribution is 2.27. The zero-order valence-corrected chi connectivity index (χ0v) is 14.4. The van der Waals surface area contributed by atoms with Gasteiger partial charge in [-0.2, -0.15) is 13.2 Å². The number of aromatic nitrogens is 2. The van der Waals surface area contributed by atoms with Gasteiger partial charge in [0.15, 0.2) is 0 Å². The molecule has 2 atom stereocenters. The predicted octanol–water partition coefficient (Wildman–Crippen LogP) is 2.14. The number of carbonyl (C=O) groups excluding carboxylic acids is 2. The smallest absolute Gasteiger partial charge is 0.423 e. The highest BCUT2D eigenvalue weighted by molar-refractivity contribution is 5.90. The van der Waals surface area contributed by atoms with Crippen molar-refractivity contribution < 1.29 is 27.2 Å². The summed E-state index contributed by atoms with van der Waals surface area (Å²) in [5.41, 5.74) is 0.626. The maximum atomic E-state index is 12.8. The zero-order valence-electron chi connectivity index (χ0n) is 14.4. The van der Waals surface area contributed by atoms with Crippen LogP contribution >= 0.6 is 0 Å². The molecule has 10 heteroatoms. The fourth-order valence-corrected chi connectivity index (χ4v) is 3.05. The van der Waals surface area contributed by atoms with Gasteiger partial charge in [-0.1, -0.05) is 30.3 Å². The van der Waals surface area contributed by atoms with Crippen LogP contribution in [0.2, 0.25) is 0 Å². The Bertz CT molecular complexity index is 822. The van der Waals surface area contributed by atoms with E-state index in [4.69, 9.17) is 4.42 Å². The number of aryl methyl sites for hydroxylation is 1. The van der Waals surface area contributed by atoms with E-state index in [1.807, 2.05) is 0 Å². The van der Waals surface area contributed by atoms with Gasteiger partial charge in [-0.05, 0) is 18.4 Å². The van der Waals surface area contributed by atoms with Gasteiger partial charge in [-0.3, -0.25) is 9.59 Å². The maximum Gasteiger partial charge on any atom is 0.471 e. The summed E-state index contributed by atoms with van der Waals surface area (Å²) in [6, 6.07) is 6.68. The van der Waals surface area contributed by atoms with Crippen LogP contribution in [0.1, 0.15) is 36.2 Å². The lowest BCUT2D eigenvalue weighted by atomic mass is 10.1. The molecule has 3 rings (SSSR count). The van der Waals surface area contributed by atoms with E-state index in [1.165, 1.54) is 0 Å². The Morgan fingerprint density at radius 1 is 1.26 bits per heavy atom. The van der Waals surface area contributed by atoms with E-state index in [0.29, 0.717) is 16.9 Å². The molecular formula is C17H17F3N4O3. The van der Waals surface area contributed by atoms with Gasteiger partial charge in [0, 0.05) is 13.5 Å². The number of nitrogens with one attached hydrogen (secondary N) is 1. The van der Waals surface area contributed by atoms with Crippen LogP contribution in [-0.2, 0) is 9.59 Å². The molecule has 1 fully saturated rings. The second kappa shape index (κ2) is 7.37. The monoisotopic (exact) mass is 382 g/mol. The van der Waals surface area contributed by atoms with Crippen LogP contribution in [0.4, 0.5) is 13.2 Å². The van der Waals surface area contributed by atoms with E-state index >= 15 is 0 Å². The van der Waals surface area contributed by atoms with Crippen molar-refractivity contribution in [2.45, 2.75) is 38.0 Å². The fourth-order valence-electron chi connectivity index (χ4n) is 3.05. The minimum Gasteiger partial charge on any atom is -0.423 e. The van der Waals surface area contributed by atoms with E-state index in [1.54, 1.807) is 37.3 Å². The number of amides is 2. The molecule has 7 nitrogen and oxygen atoms in total. The average Bonchev–Trinajstić information content (AvgIpc) is 3.28. The van der Waals surface area contributed by atoms with Crippen LogP contribution in [-0.4, -0.2) is 45.7 Å². The van der Waals surface area contributed by atoms with Crippen molar-refractivity contribution in [3.8, 4) is 0 Å². The summed E-state index contributed by atoms with van der Waals surface area (Å²) < 4.78 is 43.7. The molecule has 1 aromatic carbocycles. The lowest BCUT2D eigenvalue weighted by molar-refractivity contribution is -0.186. The zero-order chi connectivity index (χ0) is 19.6. The quantitative estimate of drug-likeness (QED) is 0.875. The summed E-state index contributed by atoms with van der Waals surface area (Å²) in [5.74, 6) is -2.31. The van der Waals surface area contributed by atoms with E-state index < -0.39 is 30.1 Å². The summed E-state index contributed by atoms with van der Waals surface area (Å²) in [7, 11) is 0. The number of hydrogen-bond donors (Lipinski definition) is 1. The summed E-state index contributed by atoms with van der Waals surface area (Å²) in [6.07, 6.45) is -4.56. The van der Waals surface area contributed by atoms with Gasteiger partial charge in [0.1, 0.15) is 12.1 Å². The molecule has 0 bridgehead atoms. The molecule has 1 N–H and O–H groups in total. The SMILES string of the molecule is Cc1nnc(C(NC(=O)C2CCCN2C(=O)C(F)(F)F)c2ccccc2)o1. The summed E-state index contributed by atoms with van der Waals surface area (Å²) in [4.78, 5) is 24.8. The number of alkyl halides is 3. The van der Waals surface area contributed by atoms with Gasteiger partial charge in [0.05, 0.1) is 0 Å². The first-order chi connectivity index (χ1) is 12.8. The highest BCUT2D eigenvalue weighted by atomic mass is 19.4. The first-order valence-corrected chi connectivity index (χ1v) is 8.30. The van der Waals surface area contributed by atoms with Crippen molar-refractivity contribution in [2.75, 3.05) is 6.54 Å². The Balaban J connectivity index is 1.83. The van der Waals surface area contributed by atoms with E-state index in [0.717, 1.165) is 0 Å². The Labute approximate surface area is 152 Å². The third-order valence-electron chi connectivity index (χ3n) is 4.27. The van der Waals surface area contributed by atoms with Gasteiger partial charge in [0.25, 0.3) is 0 Å². The van der Waals surface area contributed by atoms with Crippen LogP contribution in [0.25, 0.3) is 0 Å². The molecule has 0 radical (unpaired) electrons. The van der Waals surface area contributed by atoms with Gasteiger partial charge >= 0.3 is 12.1 Å². The molecule has 1 aliphatic rings. The van der Waals surface area contributed by atoms with Gasteiger partial charge < -0.3 is 14.6 Å². The summed E-state index contributed by atoms with van der Waals surface area (Å²) in [5, 5.41) is 10.3. The number of likely N-dealkylation sites (tertiary alicyclic amines) is 1. The van der Waals surface area contributed by atoms with E-state index in [9.17, 15) is 22.8 Å². The Kier molecular flexibility index (Phi) is 5.15. The topological polar surface area (TPSA) is 88.3 Å². The van der Waals surface area contributed by atoms with Crippen LogP contribution in [0, 0.1) is 6.92 Å². The number of carbonyl (C=O) groups is 2. The molecule has 0 spiro atoms. The van der Waals surface area contributed by atoms with Gasteiger partial charge in [0.2, 0.25) is 17.7 Å². The number of halogens is 3. The Morgan fingerprint density at radius 2 is 1.96 bits per heavy atom. The molecule has 1 aromatic heterocycles. The molecule has 2 aromatic rings. The third-order valence-corrected chi connectivity index (χ3v) is 4.27. The lowest BCUT2D eigenvalue weighted by Gasteiger charge is -2.26. The minimum atomic E-state index is -5.02. The lowest BCUT2D eigenvalue weighted by Crippen LogP contribution is -2.50. The molecule has 144 valence electrons. The normalized spacial score (nSPS) is 18.4. The molecular weight excluding hydrogens is 365 g/mol. The average molecular weight is 382 g/mol. The Morgan fingerprint density at radius 3 is 2.56 bits per heavy atom. The minimum absolute atomic E-state index is 0.110. The van der Waals surface area contributed by atoms with E-state index in [-0.39, 0.29) is 24.7 Å². The van der Waals surface area contributed by atoms with Crippen LogP contribution < -0.4 is 5.32 Å². The fraction of sp³-hybridized carbons (Fsp3) is 0.412. The van der Waals surface area contributed by atoms with Crippen LogP contribution in [0.15, 0.2) is 34.7 Å². The second-order valence-electron chi connectivity index (χ2n) is 6.17. The molecule has 27 heavy (non-hydrogen) atoms. The van der Waals surface area contributed by atoms with Crippen molar-refractivity contribution in [3.05, 3.63) is 47.7 Å². The number of hydrogen-bond acceptors (Lipinski definition) is 5. The number of benzene rings is 1. The molecule has 2 unspecified atom stereocenters. The van der Waals surface area contributed by atoms with Crippen molar-refractivity contribution in [2.24, 2.45) is 0 Å². The van der Waals surface area contributed by atoms with Crippen molar-refractivity contribution in [3.63, 3.8) is 0 Å². The molecule has 2 heterocycles. The first-order valence-electron chi connectivity index (χ1n) is 8.30. The largest absolute Gasteiger partial charge is 0.471 e. The first kappa shape index (κ1) is 18.9. The number of rotatable bonds is 4.